The van der Waals surface area contributed by atoms with Crippen LogP contribution in [0.5, 0.6) is 0 Å². The third-order valence-corrected chi connectivity index (χ3v) is 6.22. The van der Waals surface area contributed by atoms with Gasteiger partial charge in [0.05, 0.1) is 11.1 Å². The molecular formula is C22H27N3O3. The van der Waals surface area contributed by atoms with Crippen molar-refractivity contribution in [1.29, 1.82) is 0 Å². The molecule has 2 aliphatic rings. The van der Waals surface area contributed by atoms with Crippen molar-refractivity contribution in [2.45, 2.75) is 52.4 Å². The molecule has 28 heavy (non-hydrogen) atoms. The van der Waals surface area contributed by atoms with Gasteiger partial charge in [-0.1, -0.05) is 19.1 Å². The summed E-state index contributed by atoms with van der Waals surface area (Å²) >= 11 is 0. The quantitative estimate of drug-likeness (QED) is 0.882. The van der Waals surface area contributed by atoms with Crippen LogP contribution in [-0.4, -0.2) is 44.8 Å². The monoisotopic (exact) mass is 381 g/mol. The van der Waals surface area contributed by atoms with Crippen molar-refractivity contribution in [3.63, 3.8) is 0 Å². The van der Waals surface area contributed by atoms with Gasteiger partial charge in [-0.3, -0.25) is 9.59 Å². The van der Waals surface area contributed by atoms with Crippen molar-refractivity contribution in [3.05, 3.63) is 46.8 Å². The Morgan fingerprint density at radius 3 is 2.61 bits per heavy atom. The number of likely N-dealkylation sites (tertiary alicyclic amines) is 1. The molecule has 1 aliphatic carbocycles. The normalized spacial score (nSPS) is 21.6. The van der Waals surface area contributed by atoms with Crippen molar-refractivity contribution < 1.29 is 14.7 Å². The van der Waals surface area contributed by atoms with Gasteiger partial charge in [-0.25, -0.2) is 4.68 Å². The number of fused-ring (bicyclic) bond motifs is 1. The summed E-state index contributed by atoms with van der Waals surface area (Å²) in [6, 6.07) is 8.31. The predicted molar refractivity (Wildman–Crippen MR) is 106 cm³/mol. The molecular weight excluding hydrogens is 354 g/mol. The van der Waals surface area contributed by atoms with Gasteiger partial charge in [-0.2, -0.15) is 5.10 Å². The highest BCUT2D eigenvalue weighted by Gasteiger charge is 2.41. The number of hydrogen-bond acceptors (Lipinski definition) is 3. The first kappa shape index (κ1) is 18.7. The molecule has 0 bridgehead atoms. The molecule has 1 N–H and O–H groups in total. The predicted octanol–water partition coefficient (Wildman–Crippen LogP) is 3.25. The molecule has 1 aliphatic heterocycles. The number of carboxylic acids is 1. The number of piperidine rings is 1. The maximum Gasteiger partial charge on any atom is 0.311 e. The summed E-state index contributed by atoms with van der Waals surface area (Å²) in [6.07, 6.45) is 5.08. The summed E-state index contributed by atoms with van der Waals surface area (Å²) in [5, 5.41) is 14.3. The highest BCUT2D eigenvalue weighted by molar-refractivity contribution is 5.95. The minimum atomic E-state index is -0.879. The molecule has 1 aromatic heterocycles. The van der Waals surface area contributed by atoms with E-state index >= 15 is 0 Å². The first-order valence-electron chi connectivity index (χ1n) is 10.2. The van der Waals surface area contributed by atoms with Crippen LogP contribution in [-0.2, 0) is 24.1 Å². The minimum Gasteiger partial charge on any atom is -0.481 e. The summed E-state index contributed by atoms with van der Waals surface area (Å²) in [4.78, 5) is 26.6. The Bertz CT molecular complexity index is 916. The fraction of sp³-hybridized carbons (Fsp3) is 0.500. The van der Waals surface area contributed by atoms with E-state index < -0.39 is 11.4 Å². The van der Waals surface area contributed by atoms with Crippen molar-refractivity contribution >= 4 is 11.9 Å². The van der Waals surface area contributed by atoms with Crippen LogP contribution in [0.25, 0.3) is 5.69 Å². The lowest BCUT2D eigenvalue weighted by Crippen LogP contribution is -2.48. The molecule has 0 radical (unpaired) electrons. The molecule has 1 amide bonds. The zero-order valence-electron chi connectivity index (χ0n) is 16.6. The van der Waals surface area contributed by atoms with Crippen LogP contribution in [0.3, 0.4) is 0 Å². The van der Waals surface area contributed by atoms with Gasteiger partial charge in [0.2, 0.25) is 0 Å². The Kier molecular flexibility index (Phi) is 4.73. The summed E-state index contributed by atoms with van der Waals surface area (Å²) in [7, 11) is 0. The first-order valence-corrected chi connectivity index (χ1v) is 10.2. The van der Waals surface area contributed by atoms with E-state index in [4.69, 9.17) is 5.10 Å². The Morgan fingerprint density at radius 2 is 1.93 bits per heavy atom. The van der Waals surface area contributed by atoms with Gasteiger partial charge < -0.3 is 10.0 Å². The van der Waals surface area contributed by atoms with Gasteiger partial charge in [0.1, 0.15) is 0 Å². The fourth-order valence-corrected chi connectivity index (χ4v) is 4.43. The van der Waals surface area contributed by atoms with Gasteiger partial charge >= 0.3 is 5.97 Å². The zero-order valence-corrected chi connectivity index (χ0v) is 16.6. The van der Waals surface area contributed by atoms with E-state index in [9.17, 15) is 14.7 Å². The number of aryl methyl sites for hydroxylation is 1. The SMILES string of the molecule is CCc1ccc(-n2nc(C(=O)N3CCCC(C)(C(=O)O)C3)c3c2CCC3)cc1. The number of aliphatic carboxylic acids is 1. The van der Waals surface area contributed by atoms with E-state index in [0.717, 1.165) is 42.6 Å². The maximum atomic E-state index is 13.3. The lowest BCUT2D eigenvalue weighted by Gasteiger charge is -2.37. The lowest BCUT2D eigenvalue weighted by atomic mass is 9.82. The summed E-state index contributed by atoms with van der Waals surface area (Å²) in [5.74, 6) is -0.967. The van der Waals surface area contributed by atoms with E-state index in [1.54, 1.807) is 11.8 Å². The molecule has 2 heterocycles. The van der Waals surface area contributed by atoms with Crippen molar-refractivity contribution in [1.82, 2.24) is 14.7 Å². The number of carbonyl (C=O) groups is 2. The van der Waals surface area contributed by atoms with Gasteiger partial charge in [-0.05, 0) is 63.1 Å². The molecule has 1 atom stereocenters. The standard InChI is InChI=1S/C22H27N3O3/c1-3-15-8-10-16(11-9-15)25-18-7-4-6-17(18)19(23-25)20(26)24-13-5-12-22(2,14-24)21(27)28/h8-11H,3-7,12-14H2,1-2H3,(H,27,28). The first-order chi connectivity index (χ1) is 13.4. The number of hydrogen-bond donors (Lipinski definition) is 1. The number of aromatic nitrogens is 2. The number of rotatable bonds is 4. The highest BCUT2D eigenvalue weighted by atomic mass is 16.4. The summed E-state index contributed by atoms with van der Waals surface area (Å²) in [6.45, 7) is 4.69. The summed E-state index contributed by atoms with van der Waals surface area (Å²) in [5.41, 5.74) is 4.02. The molecule has 0 saturated carbocycles. The van der Waals surface area contributed by atoms with Gasteiger partial charge in [0.25, 0.3) is 5.91 Å². The molecule has 1 aromatic carbocycles. The molecule has 6 heteroatoms. The van der Waals surface area contributed by atoms with Crippen LogP contribution in [0, 0.1) is 5.41 Å². The third kappa shape index (κ3) is 3.11. The Morgan fingerprint density at radius 1 is 1.18 bits per heavy atom. The molecule has 6 nitrogen and oxygen atoms in total. The van der Waals surface area contributed by atoms with Crippen LogP contribution in [0.1, 0.15) is 60.4 Å². The molecule has 1 unspecified atom stereocenters. The number of carboxylic acid groups (broad SMARTS) is 1. The van der Waals surface area contributed by atoms with Crippen LogP contribution >= 0.6 is 0 Å². The second kappa shape index (κ2) is 7.08. The number of amides is 1. The molecule has 0 spiro atoms. The lowest BCUT2D eigenvalue weighted by molar-refractivity contribution is -0.150. The van der Waals surface area contributed by atoms with Crippen LogP contribution in [0.2, 0.25) is 0 Å². The number of carbonyl (C=O) groups excluding carboxylic acids is 1. The number of benzene rings is 1. The van der Waals surface area contributed by atoms with Gasteiger partial charge in [0, 0.05) is 24.3 Å². The largest absolute Gasteiger partial charge is 0.481 e. The van der Waals surface area contributed by atoms with E-state index in [-0.39, 0.29) is 12.5 Å². The van der Waals surface area contributed by atoms with Gasteiger partial charge in [-0.15, -0.1) is 0 Å². The summed E-state index contributed by atoms with van der Waals surface area (Å²) < 4.78 is 1.91. The average molecular weight is 381 g/mol. The third-order valence-electron chi connectivity index (χ3n) is 6.22. The van der Waals surface area contributed by atoms with Gasteiger partial charge in [0.15, 0.2) is 5.69 Å². The van der Waals surface area contributed by atoms with Crippen LogP contribution < -0.4 is 0 Å². The second-order valence-electron chi connectivity index (χ2n) is 8.26. The number of nitrogens with zero attached hydrogens (tertiary/aromatic N) is 3. The van der Waals surface area contributed by atoms with E-state index in [0.29, 0.717) is 25.1 Å². The van der Waals surface area contributed by atoms with E-state index in [1.165, 1.54) is 5.56 Å². The second-order valence-corrected chi connectivity index (χ2v) is 8.26. The van der Waals surface area contributed by atoms with Crippen LogP contribution in [0.15, 0.2) is 24.3 Å². The maximum absolute atomic E-state index is 13.3. The van der Waals surface area contributed by atoms with Crippen molar-refractivity contribution in [2.75, 3.05) is 13.1 Å². The van der Waals surface area contributed by atoms with Crippen LogP contribution in [0.4, 0.5) is 0 Å². The topological polar surface area (TPSA) is 75.4 Å². The van der Waals surface area contributed by atoms with E-state index in [2.05, 4.69) is 31.2 Å². The van der Waals surface area contributed by atoms with Crippen molar-refractivity contribution in [2.24, 2.45) is 5.41 Å². The average Bonchev–Trinajstić information content (AvgIpc) is 3.30. The molecule has 4 rings (SSSR count). The Labute approximate surface area is 165 Å². The Hall–Kier alpha value is -2.63. The van der Waals surface area contributed by atoms with Crippen molar-refractivity contribution in [3.8, 4) is 5.69 Å². The molecule has 1 saturated heterocycles. The highest BCUT2D eigenvalue weighted by Crippen LogP contribution is 2.33. The van der Waals surface area contributed by atoms with E-state index in [1.807, 2.05) is 4.68 Å². The minimum absolute atomic E-state index is 0.130. The molecule has 2 aromatic rings. The smallest absolute Gasteiger partial charge is 0.311 e. The fourth-order valence-electron chi connectivity index (χ4n) is 4.43. The Balaban J connectivity index is 1.67. The molecule has 148 valence electrons. The molecule has 1 fully saturated rings. The zero-order chi connectivity index (χ0) is 19.9.